The van der Waals surface area contributed by atoms with Gasteiger partial charge in [0.25, 0.3) is 10.0 Å². The van der Waals surface area contributed by atoms with Gasteiger partial charge in [0, 0.05) is 6.54 Å². The van der Waals surface area contributed by atoms with Gasteiger partial charge in [-0.2, -0.15) is 0 Å². The standard InChI is InChI=1S/C21H24N2O6S2/c1-3-29-19-11-10-17(23-21(24)15(2)14-30(23,25)26)13-20(19)31(27,28)22-12-6-8-16-7-4-5-9-18(16)22/h4-5,7,9-11,13,15H,3,6,8,12,14H2,1-2H3. The zero-order valence-electron chi connectivity index (χ0n) is 17.3. The van der Waals surface area contributed by atoms with Crippen molar-refractivity contribution in [2.45, 2.75) is 31.6 Å². The van der Waals surface area contributed by atoms with Crippen molar-refractivity contribution in [3.05, 3.63) is 48.0 Å². The number of para-hydroxylation sites is 1. The lowest BCUT2D eigenvalue weighted by atomic mass is 10.0. The molecular formula is C21H24N2O6S2. The summed E-state index contributed by atoms with van der Waals surface area (Å²) in [6, 6.07) is 11.3. The van der Waals surface area contributed by atoms with Gasteiger partial charge in [0.2, 0.25) is 15.9 Å². The predicted molar refractivity (Wildman–Crippen MR) is 117 cm³/mol. The van der Waals surface area contributed by atoms with E-state index in [2.05, 4.69) is 0 Å². The van der Waals surface area contributed by atoms with Crippen LogP contribution in [0, 0.1) is 5.92 Å². The maximum atomic E-state index is 13.7. The topological polar surface area (TPSA) is 101 Å². The van der Waals surface area contributed by atoms with Crippen LogP contribution in [-0.2, 0) is 31.3 Å². The minimum absolute atomic E-state index is 0.00155. The molecule has 1 amide bonds. The van der Waals surface area contributed by atoms with Crippen LogP contribution in [0.5, 0.6) is 5.75 Å². The number of benzene rings is 2. The molecule has 31 heavy (non-hydrogen) atoms. The van der Waals surface area contributed by atoms with Gasteiger partial charge in [0.05, 0.1) is 29.7 Å². The minimum Gasteiger partial charge on any atom is -0.492 e. The van der Waals surface area contributed by atoms with Crippen molar-refractivity contribution in [2.75, 3.05) is 27.5 Å². The summed E-state index contributed by atoms with van der Waals surface area (Å²) in [5.74, 6) is -1.45. The second kappa shape index (κ2) is 7.83. The van der Waals surface area contributed by atoms with Gasteiger partial charge >= 0.3 is 0 Å². The number of rotatable bonds is 5. The minimum atomic E-state index is -4.07. The quantitative estimate of drug-likeness (QED) is 0.674. The molecule has 0 saturated carbocycles. The van der Waals surface area contributed by atoms with Crippen molar-refractivity contribution < 1.29 is 26.4 Å². The van der Waals surface area contributed by atoms with Crippen LogP contribution < -0.4 is 13.3 Å². The number of sulfonamides is 2. The van der Waals surface area contributed by atoms with E-state index < -0.39 is 31.9 Å². The maximum Gasteiger partial charge on any atom is 0.268 e. The molecule has 0 bridgehead atoms. The Kier molecular flexibility index (Phi) is 5.47. The molecule has 2 aliphatic heterocycles. The highest BCUT2D eigenvalue weighted by atomic mass is 32.2. The Bertz CT molecular complexity index is 1240. The Morgan fingerprint density at radius 1 is 1.16 bits per heavy atom. The highest BCUT2D eigenvalue weighted by molar-refractivity contribution is 7.94. The highest BCUT2D eigenvalue weighted by Gasteiger charge is 2.43. The fraction of sp³-hybridized carbons (Fsp3) is 0.381. The molecule has 2 aromatic rings. The van der Waals surface area contributed by atoms with Crippen molar-refractivity contribution in [2.24, 2.45) is 5.92 Å². The first-order valence-corrected chi connectivity index (χ1v) is 13.2. The zero-order chi connectivity index (χ0) is 22.4. The molecule has 10 heteroatoms. The van der Waals surface area contributed by atoms with E-state index in [4.69, 9.17) is 4.74 Å². The first-order chi connectivity index (χ1) is 14.7. The van der Waals surface area contributed by atoms with Gasteiger partial charge in [-0.1, -0.05) is 25.1 Å². The second-order valence-corrected chi connectivity index (χ2v) is 11.3. The Morgan fingerprint density at radius 3 is 2.58 bits per heavy atom. The molecular weight excluding hydrogens is 440 g/mol. The molecule has 166 valence electrons. The largest absolute Gasteiger partial charge is 0.492 e. The fourth-order valence-corrected chi connectivity index (χ4v) is 7.56. The summed E-state index contributed by atoms with van der Waals surface area (Å²) in [5.41, 5.74) is 1.53. The number of hydrogen-bond acceptors (Lipinski definition) is 6. The average Bonchev–Trinajstić information content (AvgIpc) is 2.94. The van der Waals surface area contributed by atoms with Crippen molar-refractivity contribution in [3.63, 3.8) is 0 Å². The number of amides is 1. The third kappa shape index (κ3) is 3.67. The lowest BCUT2D eigenvalue weighted by molar-refractivity contribution is -0.119. The summed E-state index contributed by atoms with van der Waals surface area (Å²) in [6.45, 7) is 3.80. The van der Waals surface area contributed by atoms with Crippen LogP contribution in [0.1, 0.15) is 25.8 Å². The molecule has 2 heterocycles. The first-order valence-electron chi connectivity index (χ1n) is 10.1. The molecule has 1 atom stereocenters. The Hall–Kier alpha value is -2.59. The van der Waals surface area contributed by atoms with Gasteiger partial charge in [-0.15, -0.1) is 0 Å². The van der Waals surface area contributed by atoms with Crippen molar-refractivity contribution in [1.82, 2.24) is 0 Å². The lowest BCUT2D eigenvalue weighted by Crippen LogP contribution is -2.36. The highest BCUT2D eigenvalue weighted by Crippen LogP contribution is 2.38. The van der Waals surface area contributed by atoms with Crippen LogP contribution in [0.15, 0.2) is 47.4 Å². The van der Waals surface area contributed by atoms with Crippen LogP contribution in [0.3, 0.4) is 0 Å². The van der Waals surface area contributed by atoms with Crippen LogP contribution in [0.25, 0.3) is 0 Å². The maximum absolute atomic E-state index is 13.7. The molecule has 0 aromatic heterocycles. The monoisotopic (exact) mass is 464 g/mol. The third-order valence-corrected chi connectivity index (χ3v) is 9.16. The number of anilines is 2. The molecule has 4 rings (SSSR count). The van der Waals surface area contributed by atoms with E-state index >= 15 is 0 Å². The van der Waals surface area contributed by atoms with E-state index in [1.165, 1.54) is 29.4 Å². The number of hydrogen-bond donors (Lipinski definition) is 0. The summed E-state index contributed by atoms with van der Waals surface area (Å²) in [7, 11) is -7.94. The van der Waals surface area contributed by atoms with E-state index in [9.17, 15) is 21.6 Å². The molecule has 8 nitrogen and oxygen atoms in total. The Balaban J connectivity index is 1.86. The van der Waals surface area contributed by atoms with Crippen molar-refractivity contribution in [3.8, 4) is 5.75 Å². The Labute approximate surface area is 182 Å². The molecule has 0 N–H and O–H groups in total. The van der Waals surface area contributed by atoms with Crippen LogP contribution >= 0.6 is 0 Å². The van der Waals surface area contributed by atoms with Crippen molar-refractivity contribution >= 4 is 37.3 Å². The number of carbonyl (C=O) groups is 1. The van der Waals surface area contributed by atoms with Crippen molar-refractivity contribution in [1.29, 1.82) is 0 Å². The molecule has 1 unspecified atom stereocenters. The number of ether oxygens (including phenoxy) is 1. The first kappa shape index (κ1) is 21.6. The molecule has 2 aliphatic rings. The van der Waals surface area contributed by atoms with Gasteiger partial charge in [0.15, 0.2) is 0 Å². The van der Waals surface area contributed by atoms with E-state index in [1.54, 1.807) is 19.1 Å². The zero-order valence-corrected chi connectivity index (χ0v) is 18.9. The molecule has 0 aliphatic carbocycles. The van der Waals surface area contributed by atoms with Gasteiger partial charge in [-0.05, 0) is 49.6 Å². The van der Waals surface area contributed by atoms with E-state index in [0.717, 1.165) is 12.0 Å². The van der Waals surface area contributed by atoms with Crippen LogP contribution in [0.4, 0.5) is 11.4 Å². The lowest BCUT2D eigenvalue weighted by Gasteiger charge is -2.31. The second-order valence-electron chi connectivity index (χ2n) is 7.66. The smallest absolute Gasteiger partial charge is 0.268 e. The molecule has 0 spiro atoms. The molecule has 0 radical (unpaired) electrons. The Morgan fingerprint density at radius 2 is 1.90 bits per heavy atom. The molecule has 1 saturated heterocycles. The average molecular weight is 465 g/mol. The number of aryl methyl sites for hydroxylation is 1. The normalized spacial score (nSPS) is 20.6. The third-order valence-electron chi connectivity index (χ3n) is 5.46. The molecule has 2 aromatic carbocycles. The summed E-state index contributed by atoms with van der Waals surface area (Å²) >= 11 is 0. The van der Waals surface area contributed by atoms with Gasteiger partial charge in [-0.3, -0.25) is 9.10 Å². The number of nitrogens with zero attached hydrogens (tertiary/aromatic N) is 2. The number of fused-ring (bicyclic) bond motifs is 1. The van der Waals surface area contributed by atoms with E-state index in [-0.39, 0.29) is 28.7 Å². The van der Waals surface area contributed by atoms with Crippen LogP contribution in [0.2, 0.25) is 0 Å². The number of carbonyl (C=O) groups excluding carboxylic acids is 1. The van der Waals surface area contributed by atoms with Gasteiger partial charge < -0.3 is 4.74 Å². The molecule has 1 fully saturated rings. The summed E-state index contributed by atoms with van der Waals surface area (Å²) in [4.78, 5) is 12.4. The van der Waals surface area contributed by atoms with E-state index in [1.807, 2.05) is 12.1 Å². The summed E-state index contributed by atoms with van der Waals surface area (Å²) in [6.07, 6.45) is 1.44. The van der Waals surface area contributed by atoms with Gasteiger partial charge in [0.1, 0.15) is 10.6 Å². The van der Waals surface area contributed by atoms with Gasteiger partial charge in [-0.25, -0.2) is 21.1 Å². The summed E-state index contributed by atoms with van der Waals surface area (Å²) in [5, 5.41) is 0. The van der Waals surface area contributed by atoms with Crippen LogP contribution in [-0.4, -0.2) is 41.6 Å². The SMILES string of the molecule is CCOc1ccc(N2C(=O)C(C)CS2(=O)=O)cc1S(=O)(=O)N1CCCc2ccccc21. The fourth-order valence-electron chi connectivity index (χ4n) is 4.05. The predicted octanol–water partition coefficient (Wildman–Crippen LogP) is 2.54. The summed E-state index contributed by atoms with van der Waals surface area (Å²) < 4.78 is 60.1. The van der Waals surface area contributed by atoms with E-state index in [0.29, 0.717) is 23.0 Å².